The Morgan fingerprint density at radius 2 is 2.04 bits per heavy atom. The van der Waals surface area contributed by atoms with E-state index in [0.717, 1.165) is 23.7 Å². The Balaban J connectivity index is 1.56. The van der Waals surface area contributed by atoms with Gasteiger partial charge in [0.1, 0.15) is 18.8 Å². The van der Waals surface area contributed by atoms with Crippen molar-refractivity contribution >= 4 is 17.7 Å². The lowest BCUT2D eigenvalue weighted by molar-refractivity contribution is -0.124. The Morgan fingerprint density at radius 1 is 1.29 bits per heavy atom. The van der Waals surface area contributed by atoms with Crippen LogP contribution in [0.5, 0.6) is 11.5 Å². The molecule has 6 heteroatoms. The Hall–Kier alpha value is -2.08. The second-order valence-electron chi connectivity index (χ2n) is 5.67. The van der Waals surface area contributed by atoms with Crippen molar-refractivity contribution in [3.8, 4) is 11.5 Å². The fraction of sp³-hybridized carbons (Fsp3) is 0.389. The summed E-state index contributed by atoms with van der Waals surface area (Å²) in [6.45, 7) is 0.875. The van der Waals surface area contributed by atoms with E-state index in [1.807, 2.05) is 53.4 Å². The zero-order valence-electron chi connectivity index (χ0n) is 13.7. The van der Waals surface area contributed by atoms with Crippen molar-refractivity contribution in [2.24, 2.45) is 0 Å². The zero-order chi connectivity index (χ0) is 16.8. The van der Waals surface area contributed by atoms with Crippen LogP contribution in [0.1, 0.15) is 12.5 Å². The van der Waals surface area contributed by atoms with Gasteiger partial charge in [-0.3, -0.25) is 4.79 Å². The number of hydrogen-bond donors (Lipinski definition) is 1. The van der Waals surface area contributed by atoms with Gasteiger partial charge in [-0.1, -0.05) is 12.1 Å². The molecule has 0 radical (unpaired) electrons. The Bertz CT molecular complexity index is 660. The minimum atomic E-state index is -0.191. The van der Waals surface area contributed by atoms with Crippen LogP contribution in [0.25, 0.3) is 0 Å². The van der Waals surface area contributed by atoms with Gasteiger partial charge in [0.15, 0.2) is 11.5 Å². The van der Waals surface area contributed by atoms with E-state index in [1.165, 1.54) is 0 Å². The van der Waals surface area contributed by atoms with E-state index >= 15 is 0 Å². The zero-order valence-corrected chi connectivity index (χ0v) is 14.5. The monoisotopic (exact) mass is 346 g/mol. The molecule has 0 bridgehead atoms. The van der Waals surface area contributed by atoms with Crippen molar-refractivity contribution in [3.05, 3.63) is 48.8 Å². The van der Waals surface area contributed by atoms with Gasteiger partial charge in [-0.2, -0.15) is 11.8 Å². The molecule has 1 aromatic heterocycles. The molecule has 2 unspecified atom stereocenters. The van der Waals surface area contributed by atoms with Crippen molar-refractivity contribution in [2.75, 3.05) is 25.2 Å². The SMILES string of the molecule is CSCCC(C(=O)NCC1COc2ccccc2O1)n1cccc1. The summed E-state index contributed by atoms with van der Waals surface area (Å²) in [5.74, 6) is 2.44. The molecule has 1 aromatic carbocycles. The van der Waals surface area contributed by atoms with Crippen molar-refractivity contribution in [1.82, 2.24) is 9.88 Å². The lowest BCUT2D eigenvalue weighted by Crippen LogP contribution is -2.43. The molecular formula is C18H22N2O3S. The number of nitrogens with one attached hydrogen (secondary N) is 1. The van der Waals surface area contributed by atoms with Crippen LogP contribution in [0, 0.1) is 0 Å². The number of benzene rings is 1. The van der Waals surface area contributed by atoms with Crippen LogP contribution in [-0.2, 0) is 4.79 Å². The maximum Gasteiger partial charge on any atom is 0.243 e. The van der Waals surface area contributed by atoms with Crippen LogP contribution in [0.2, 0.25) is 0 Å². The maximum absolute atomic E-state index is 12.6. The fourth-order valence-corrected chi connectivity index (χ4v) is 3.16. The number of rotatable bonds is 7. The molecule has 0 fully saturated rings. The van der Waals surface area contributed by atoms with E-state index in [-0.39, 0.29) is 18.1 Å². The molecule has 2 heterocycles. The third-order valence-corrected chi connectivity index (χ3v) is 4.60. The highest BCUT2D eigenvalue weighted by molar-refractivity contribution is 7.98. The molecule has 2 aromatic rings. The van der Waals surface area contributed by atoms with E-state index in [1.54, 1.807) is 11.8 Å². The number of fused-ring (bicyclic) bond motifs is 1. The summed E-state index contributed by atoms with van der Waals surface area (Å²) in [6.07, 6.45) is 6.54. The molecule has 1 N–H and O–H groups in total. The first-order chi connectivity index (χ1) is 11.8. The number of nitrogens with zero attached hydrogens (tertiary/aromatic N) is 1. The van der Waals surface area contributed by atoms with Gasteiger partial charge in [0.05, 0.1) is 6.54 Å². The molecular weight excluding hydrogens is 324 g/mol. The first-order valence-corrected chi connectivity index (χ1v) is 9.45. The van der Waals surface area contributed by atoms with Gasteiger partial charge in [-0.25, -0.2) is 0 Å². The van der Waals surface area contributed by atoms with Gasteiger partial charge < -0.3 is 19.4 Å². The van der Waals surface area contributed by atoms with Gasteiger partial charge in [0.2, 0.25) is 5.91 Å². The second-order valence-corrected chi connectivity index (χ2v) is 6.66. The van der Waals surface area contributed by atoms with Gasteiger partial charge in [0, 0.05) is 12.4 Å². The van der Waals surface area contributed by atoms with Crippen molar-refractivity contribution in [3.63, 3.8) is 0 Å². The highest BCUT2D eigenvalue weighted by Gasteiger charge is 2.24. The lowest BCUT2D eigenvalue weighted by atomic mass is 10.2. The molecule has 2 atom stereocenters. The van der Waals surface area contributed by atoms with Crippen LogP contribution in [0.4, 0.5) is 0 Å². The summed E-state index contributed by atoms with van der Waals surface area (Å²) in [6, 6.07) is 11.3. The predicted octanol–water partition coefficient (Wildman–Crippen LogP) is 2.74. The first-order valence-electron chi connectivity index (χ1n) is 8.05. The summed E-state index contributed by atoms with van der Waals surface area (Å²) in [5.41, 5.74) is 0. The summed E-state index contributed by atoms with van der Waals surface area (Å²) < 4.78 is 13.5. The highest BCUT2D eigenvalue weighted by atomic mass is 32.2. The average Bonchev–Trinajstić information content (AvgIpc) is 3.14. The molecule has 128 valence electrons. The number of amides is 1. The molecule has 24 heavy (non-hydrogen) atoms. The fourth-order valence-electron chi connectivity index (χ4n) is 2.70. The third-order valence-electron chi connectivity index (χ3n) is 3.96. The summed E-state index contributed by atoms with van der Waals surface area (Å²) in [7, 11) is 0. The molecule has 0 aliphatic carbocycles. The highest BCUT2D eigenvalue weighted by Crippen LogP contribution is 2.30. The molecule has 0 spiro atoms. The number of thioether (sulfide) groups is 1. The first kappa shape index (κ1) is 16.8. The molecule has 1 amide bonds. The van der Waals surface area contributed by atoms with Crippen molar-refractivity contribution in [1.29, 1.82) is 0 Å². The number of para-hydroxylation sites is 2. The molecule has 0 saturated heterocycles. The van der Waals surface area contributed by atoms with E-state index in [2.05, 4.69) is 11.6 Å². The van der Waals surface area contributed by atoms with Gasteiger partial charge in [-0.05, 0) is 42.7 Å². The summed E-state index contributed by atoms with van der Waals surface area (Å²) in [5, 5.41) is 3.01. The lowest BCUT2D eigenvalue weighted by Gasteiger charge is -2.27. The minimum absolute atomic E-state index is 0.0164. The third kappa shape index (κ3) is 4.06. The summed E-state index contributed by atoms with van der Waals surface area (Å²) in [4.78, 5) is 12.6. The van der Waals surface area contributed by atoms with Crippen LogP contribution in [0.3, 0.4) is 0 Å². The number of hydrogen-bond acceptors (Lipinski definition) is 4. The molecule has 1 aliphatic rings. The Labute approximate surface area is 146 Å². The van der Waals surface area contributed by atoms with Crippen LogP contribution >= 0.6 is 11.8 Å². The van der Waals surface area contributed by atoms with Gasteiger partial charge in [-0.15, -0.1) is 0 Å². The van der Waals surface area contributed by atoms with Gasteiger partial charge >= 0.3 is 0 Å². The normalized spacial score (nSPS) is 17.3. The van der Waals surface area contributed by atoms with E-state index in [9.17, 15) is 4.79 Å². The average molecular weight is 346 g/mol. The van der Waals surface area contributed by atoms with Crippen molar-refractivity contribution in [2.45, 2.75) is 18.6 Å². The van der Waals surface area contributed by atoms with E-state index < -0.39 is 0 Å². The molecule has 0 saturated carbocycles. The van der Waals surface area contributed by atoms with Crippen molar-refractivity contribution < 1.29 is 14.3 Å². The second kappa shape index (κ2) is 8.15. The Kier molecular flexibility index (Phi) is 5.69. The van der Waals surface area contributed by atoms with E-state index in [0.29, 0.717) is 13.2 Å². The number of carbonyl (C=O) groups excluding carboxylic acids is 1. The number of carbonyl (C=O) groups is 1. The quantitative estimate of drug-likeness (QED) is 0.838. The van der Waals surface area contributed by atoms with Crippen LogP contribution in [0.15, 0.2) is 48.8 Å². The smallest absolute Gasteiger partial charge is 0.243 e. The van der Waals surface area contributed by atoms with Crippen LogP contribution in [-0.4, -0.2) is 41.7 Å². The topological polar surface area (TPSA) is 52.5 Å². The number of ether oxygens (including phenoxy) is 2. The maximum atomic E-state index is 12.6. The minimum Gasteiger partial charge on any atom is -0.486 e. The predicted molar refractivity (Wildman–Crippen MR) is 95.8 cm³/mol. The Morgan fingerprint density at radius 3 is 2.79 bits per heavy atom. The molecule has 5 nitrogen and oxygen atoms in total. The number of aromatic nitrogens is 1. The largest absolute Gasteiger partial charge is 0.486 e. The van der Waals surface area contributed by atoms with Crippen LogP contribution < -0.4 is 14.8 Å². The molecule has 1 aliphatic heterocycles. The van der Waals surface area contributed by atoms with Gasteiger partial charge in [0.25, 0.3) is 0 Å². The molecule has 3 rings (SSSR count). The summed E-state index contributed by atoms with van der Waals surface area (Å²) >= 11 is 1.75. The standard InChI is InChI=1S/C18H22N2O3S/c1-24-11-8-15(20-9-4-5-10-20)18(21)19-12-14-13-22-16-6-2-3-7-17(16)23-14/h2-7,9-10,14-15H,8,11-13H2,1H3,(H,19,21). The van der Waals surface area contributed by atoms with E-state index in [4.69, 9.17) is 9.47 Å².